The highest BCUT2D eigenvalue weighted by molar-refractivity contribution is 6.48. The molecule has 0 aliphatic carbocycles. The second kappa shape index (κ2) is 3.59. The van der Waals surface area contributed by atoms with E-state index in [9.17, 15) is 0 Å². The molecule has 0 aliphatic rings. The van der Waals surface area contributed by atoms with Gasteiger partial charge in [-0.15, -0.1) is 0 Å². The predicted molar refractivity (Wildman–Crippen MR) is 50.7 cm³/mol. The van der Waals surface area contributed by atoms with Crippen LogP contribution in [0.2, 0.25) is 0 Å². The molecule has 0 fully saturated rings. The van der Waals surface area contributed by atoms with Crippen LogP contribution in [0.25, 0.3) is 5.03 Å². The second-order valence-corrected chi connectivity index (χ2v) is 2.91. The Balaban J connectivity index is 2.99. The molecule has 0 unspecified atom stereocenters. The molecule has 0 nitrogen and oxygen atoms in total. The van der Waals surface area contributed by atoms with Gasteiger partial charge in [-0.05, 0) is 19.4 Å². The van der Waals surface area contributed by atoms with Gasteiger partial charge < -0.3 is 0 Å². The molecule has 0 spiro atoms. The highest BCUT2D eigenvalue weighted by Crippen LogP contribution is 2.18. The van der Waals surface area contributed by atoms with Crippen LogP contribution in [0.1, 0.15) is 18.1 Å². The van der Waals surface area contributed by atoms with Crippen molar-refractivity contribution in [3.8, 4) is 0 Å². The van der Waals surface area contributed by atoms with Crippen molar-refractivity contribution in [2.75, 3.05) is 0 Å². The number of allylic oxidation sites excluding steroid dienone is 1. The SMILES string of the molecule is CC=C(Cl)c1ccc(C)cc1. The van der Waals surface area contributed by atoms with Crippen LogP contribution >= 0.6 is 11.6 Å². The van der Waals surface area contributed by atoms with E-state index < -0.39 is 0 Å². The molecule has 58 valence electrons. The van der Waals surface area contributed by atoms with Crippen LogP contribution in [0.4, 0.5) is 0 Å². The first kappa shape index (κ1) is 8.35. The molecule has 1 aromatic carbocycles. The highest BCUT2D eigenvalue weighted by Gasteiger charge is 1.93. The maximum absolute atomic E-state index is 5.90. The minimum Gasteiger partial charge on any atom is -0.0840 e. The van der Waals surface area contributed by atoms with Crippen molar-refractivity contribution in [2.45, 2.75) is 13.8 Å². The van der Waals surface area contributed by atoms with Crippen LogP contribution in [-0.4, -0.2) is 0 Å². The number of hydrogen-bond acceptors (Lipinski definition) is 0. The van der Waals surface area contributed by atoms with Gasteiger partial charge in [0.05, 0.1) is 0 Å². The van der Waals surface area contributed by atoms with Gasteiger partial charge in [-0.3, -0.25) is 0 Å². The minimum atomic E-state index is 0.810. The molecule has 1 heteroatoms. The molecule has 0 atom stereocenters. The third-order valence-corrected chi connectivity index (χ3v) is 2.02. The fourth-order valence-corrected chi connectivity index (χ4v) is 1.01. The van der Waals surface area contributed by atoms with E-state index in [-0.39, 0.29) is 0 Å². The Morgan fingerprint density at radius 3 is 2.27 bits per heavy atom. The molecule has 0 heterocycles. The summed E-state index contributed by atoms with van der Waals surface area (Å²) < 4.78 is 0. The Bertz CT molecular complexity index is 257. The average Bonchev–Trinajstić information content (AvgIpc) is 2.05. The van der Waals surface area contributed by atoms with Crippen LogP contribution in [0.3, 0.4) is 0 Å². The molecule has 1 rings (SSSR count). The first-order valence-electron chi connectivity index (χ1n) is 3.63. The Labute approximate surface area is 72.5 Å². The first-order valence-corrected chi connectivity index (χ1v) is 4.00. The fourth-order valence-electron chi connectivity index (χ4n) is 0.879. The first-order chi connectivity index (χ1) is 5.24. The lowest BCUT2D eigenvalue weighted by Crippen LogP contribution is -1.76. The summed E-state index contributed by atoms with van der Waals surface area (Å²) in [5.41, 5.74) is 2.34. The molecular formula is C10H11Cl. The molecule has 0 aliphatic heterocycles. The van der Waals surface area contributed by atoms with Gasteiger partial charge in [-0.25, -0.2) is 0 Å². The molecule has 11 heavy (non-hydrogen) atoms. The molecule has 0 radical (unpaired) electrons. The Kier molecular flexibility index (Phi) is 2.72. The summed E-state index contributed by atoms with van der Waals surface area (Å²) in [6.07, 6.45) is 1.90. The Morgan fingerprint density at radius 1 is 1.27 bits per heavy atom. The lowest BCUT2D eigenvalue weighted by atomic mass is 10.1. The van der Waals surface area contributed by atoms with E-state index in [0.29, 0.717) is 0 Å². The van der Waals surface area contributed by atoms with Crippen molar-refractivity contribution < 1.29 is 0 Å². The molecule has 0 amide bonds. The van der Waals surface area contributed by atoms with Gasteiger partial charge in [0, 0.05) is 5.03 Å². The standard InChI is InChI=1S/C10H11Cl/c1-3-10(11)9-6-4-8(2)5-7-9/h3-7H,1-2H3. The van der Waals surface area contributed by atoms with Crippen molar-refractivity contribution in [1.82, 2.24) is 0 Å². The molecule has 0 bridgehead atoms. The van der Waals surface area contributed by atoms with Gasteiger partial charge in [0.2, 0.25) is 0 Å². The number of hydrogen-bond donors (Lipinski definition) is 0. The molecule has 0 N–H and O–H groups in total. The average molecular weight is 167 g/mol. The van der Waals surface area contributed by atoms with E-state index in [1.54, 1.807) is 0 Å². The monoisotopic (exact) mass is 166 g/mol. The predicted octanol–water partition coefficient (Wildman–Crippen LogP) is 3.59. The largest absolute Gasteiger partial charge is 0.0840 e. The van der Waals surface area contributed by atoms with Crippen LogP contribution in [0, 0.1) is 6.92 Å². The number of halogens is 1. The topological polar surface area (TPSA) is 0 Å². The van der Waals surface area contributed by atoms with E-state index in [0.717, 1.165) is 10.6 Å². The van der Waals surface area contributed by atoms with E-state index in [4.69, 9.17) is 11.6 Å². The molecular weight excluding hydrogens is 156 g/mol. The van der Waals surface area contributed by atoms with E-state index >= 15 is 0 Å². The lowest BCUT2D eigenvalue weighted by Gasteiger charge is -1.97. The summed E-state index contributed by atoms with van der Waals surface area (Å²) >= 11 is 5.90. The van der Waals surface area contributed by atoms with Gasteiger partial charge in [0.1, 0.15) is 0 Å². The van der Waals surface area contributed by atoms with Crippen molar-refractivity contribution in [3.63, 3.8) is 0 Å². The third-order valence-electron chi connectivity index (χ3n) is 1.58. The Hall–Kier alpha value is -0.750. The van der Waals surface area contributed by atoms with Crippen molar-refractivity contribution in [1.29, 1.82) is 0 Å². The van der Waals surface area contributed by atoms with Crippen LogP contribution in [0.15, 0.2) is 30.3 Å². The minimum absolute atomic E-state index is 0.810. The summed E-state index contributed by atoms with van der Waals surface area (Å²) in [4.78, 5) is 0. The van der Waals surface area contributed by atoms with Crippen LogP contribution < -0.4 is 0 Å². The summed E-state index contributed by atoms with van der Waals surface area (Å²) in [5.74, 6) is 0. The zero-order valence-corrected chi connectivity index (χ0v) is 7.52. The quantitative estimate of drug-likeness (QED) is 0.598. The fraction of sp³-hybridized carbons (Fsp3) is 0.200. The third kappa shape index (κ3) is 2.09. The van der Waals surface area contributed by atoms with Crippen molar-refractivity contribution in [2.24, 2.45) is 0 Å². The number of rotatable bonds is 1. The molecule has 0 saturated heterocycles. The maximum atomic E-state index is 5.90. The van der Waals surface area contributed by atoms with Gasteiger partial charge >= 0.3 is 0 Å². The molecule has 0 saturated carbocycles. The van der Waals surface area contributed by atoms with Gasteiger partial charge in [0.25, 0.3) is 0 Å². The number of benzene rings is 1. The van der Waals surface area contributed by atoms with E-state index in [2.05, 4.69) is 19.1 Å². The van der Waals surface area contributed by atoms with Crippen LogP contribution in [0.5, 0.6) is 0 Å². The summed E-state index contributed by atoms with van der Waals surface area (Å²) in [6.45, 7) is 4.00. The van der Waals surface area contributed by atoms with E-state index in [1.165, 1.54) is 5.56 Å². The van der Waals surface area contributed by atoms with E-state index in [1.807, 2.05) is 25.1 Å². The lowest BCUT2D eigenvalue weighted by molar-refractivity contribution is 1.46. The summed E-state index contributed by atoms with van der Waals surface area (Å²) in [6, 6.07) is 8.16. The van der Waals surface area contributed by atoms with Crippen LogP contribution in [-0.2, 0) is 0 Å². The summed E-state index contributed by atoms with van der Waals surface area (Å²) in [7, 11) is 0. The van der Waals surface area contributed by atoms with Gasteiger partial charge in [-0.1, -0.05) is 47.5 Å². The van der Waals surface area contributed by atoms with Gasteiger partial charge in [0.15, 0.2) is 0 Å². The zero-order valence-electron chi connectivity index (χ0n) is 6.76. The van der Waals surface area contributed by atoms with Gasteiger partial charge in [-0.2, -0.15) is 0 Å². The molecule has 1 aromatic rings. The second-order valence-electron chi connectivity index (χ2n) is 2.50. The molecule has 0 aromatic heterocycles. The normalized spacial score (nSPS) is 11.7. The highest BCUT2D eigenvalue weighted by atomic mass is 35.5. The van der Waals surface area contributed by atoms with Crippen molar-refractivity contribution in [3.05, 3.63) is 41.5 Å². The Morgan fingerprint density at radius 2 is 1.82 bits per heavy atom. The number of aryl methyl sites for hydroxylation is 1. The smallest absolute Gasteiger partial charge is 0.0435 e. The zero-order chi connectivity index (χ0) is 8.27. The van der Waals surface area contributed by atoms with Crippen molar-refractivity contribution >= 4 is 16.6 Å². The maximum Gasteiger partial charge on any atom is 0.0435 e. The summed E-state index contributed by atoms with van der Waals surface area (Å²) in [5, 5.41) is 0.810.